The van der Waals surface area contributed by atoms with Crippen molar-refractivity contribution in [3.05, 3.63) is 0 Å². The zero-order valence-electron chi connectivity index (χ0n) is 15.1. The number of aliphatic hydroxyl groups excluding tert-OH is 1. The molecule has 1 unspecified atom stereocenters. The molecule has 1 atom stereocenters. The van der Waals surface area contributed by atoms with Gasteiger partial charge in [0, 0.05) is 0 Å². The summed E-state index contributed by atoms with van der Waals surface area (Å²) in [5.74, 6) is -0.392. The Balaban J connectivity index is 0. The minimum absolute atomic E-state index is 0.543. The topological polar surface area (TPSA) is 57.5 Å². The summed E-state index contributed by atoms with van der Waals surface area (Å²) in [5.41, 5.74) is -1.25. The van der Waals surface area contributed by atoms with E-state index in [0.717, 1.165) is 30.4 Å². The molecule has 0 aliphatic carbocycles. The number of rotatable bonds is 13. The van der Waals surface area contributed by atoms with Crippen LogP contribution in [0.25, 0.3) is 0 Å². The van der Waals surface area contributed by atoms with Crippen molar-refractivity contribution in [1.29, 1.82) is 0 Å². The average Bonchev–Trinajstić information content (AvgIpc) is 2.43. The van der Waals surface area contributed by atoms with Crippen LogP contribution in [0, 0.1) is 0 Å². The molecule has 0 saturated carbocycles. The van der Waals surface area contributed by atoms with E-state index < -0.39 is 31.2 Å². The molecule has 0 spiro atoms. The molecular formula is C17H37O3SSn. The zero-order valence-corrected chi connectivity index (χ0v) is 18.7. The fourth-order valence-electron chi connectivity index (χ4n) is 1.86. The summed E-state index contributed by atoms with van der Waals surface area (Å²) < 4.78 is 0. The second kappa shape index (κ2) is 19.6. The van der Waals surface area contributed by atoms with Gasteiger partial charge in [-0.2, -0.15) is 0 Å². The Labute approximate surface area is 149 Å². The van der Waals surface area contributed by atoms with Gasteiger partial charge in [-0.1, -0.05) is 64.7 Å². The second-order valence-electron chi connectivity index (χ2n) is 6.24. The first-order valence-electron chi connectivity index (χ1n) is 8.71. The van der Waals surface area contributed by atoms with Crippen molar-refractivity contribution in [2.75, 3.05) is 5.75 Å². The Morgan fingerprint density at radius 2 is 1.27 bits per heavy atom. The van der Waals surface area contributed by atoms with E-state index in [0.29, 0.717) is 0 Å². The minimum atomic E-state index is -1.25. The van der Waals surface area contributed by atoms with Gasteiger partial charge in [0.2, 0.25) is 0 Å². The van der Waals surface area contributed by atoms with E-state index in [-0.39, 0.29) is 0 Å². The number of carboxylic acids is 1. The molecule has 2 N–H and O–H groups in total. The van der Waals surface area contributed by atoms with Crippen LogP contribution in [0.2, 0.25) is 14.8 Å². The van der Waals surface area contributed by atoms with Gasteiger partial charge >= 0.3 is 40.5 Å². The first-order valence-corrected chi connectivity index (χ1v) is 18.3. The number of hydrogen-bond donors (Lipinski definition) is 2. The number of unbranched alkanes of at least 4 members (excludes halogenated alkanes) is 9. The van der Waals surface area contributed by atoms with Crippen molar-refractivity contribution in [1.82, 2.24) is 0 Å². The Morgan fingerprint density at radius 3 is 1.64 bits per heavy atom. The normalized spacial score (nSPS) is 11.9. The van der Waals surface area contributed by atoms with Crippen LogP contribution in [-0.2, 0) is 4.79 Å². The van der Waals surface area contributed by atoms with Crippen molar-refractivity contribution in [2.24, 2.45) is 0 Å². The van der Waals surface area contributed by atoms with Gasteiger partial charge in [0.05, 0.1) is 0 Å². The van der Waals surface area contributed by atoms with Gasteiger partial charge in [0.1, 0.15) is 0 Å². The van der Waals surface area contributed by atoms with E-state index >= 15 is 0 Å². The van der Waals surface area contributed by atoms with Crippen molar-refractivity contribution in [2.45, 2.75) is 91.4 Å². The first-order chi connectivity index (χ1) is 10.4. The van der Waals surface area contributed by atoms with Crippen molar-refractivity contribution >= 4 is 37.5 Å². The number of hydrogen-bond acceptors (Lipinski definition) is 3. The van der Waals surface area contributed by atoms with E-state index in [9.17, 15) is 4.79 Å². The quantitative estimate of drug-likeness (QED) is 0.228. The van der Waals surface area contributed by atoms with Gasteiger partial charge in [0.25, 0.3) is 0 Å². The summed E-state index contributed by atoms with van der Waals surface area (Å²) in [6, 6.07) is 0. The van der Waals surface area contributed by atoms with Gasteiger partial charge < -0.3 is 10.2 Å². The van der Waals surface area contributed by atoms with Crippen LogP contribution in [0.4, 0.5) is 0 Å². The fourth-order valence-corrected chi connectivity index (χ4v) is 2.59. The Morgan fingerprint density at radius 1 is 0.909 bits per heavy atom. The van der Waals surface area contributed by atoms with E-state index in [1.54, 1.807) is 0 Å². The van der Waals surface area contributed by atoms with Crippen molar-refractivity contribution < 1.29 is 15.0 Å². The molecule has 5 heteroatoms. The van der Waals surface area contributed by atoms with Crippen LogP contribution in [0.15, 0.2) is 0 Å². The molecule has 0 bridgehead atoms. The molecule has 0 aliphatic rings. The fraction of sp³-hybridized carbons (Fsp3) is 0.941. The summed E-state index contributed by atoms with van der Waals surface area (Å²) in [7, 11) is 0. The Kier molecular flexibility index (Phi) is 22.1. The van der Waals surface area contributed by atoms with E-state index in [1.807, 2.05) is 0 Å². The molecule has 22 heavy (non-hydrogen) atoms. The monoisotopic (exact) mass is 441 g/mol. The molecule has 0 rings (SSSR count). The predicted octanol–water partition coefficient (Wildman–Crippen LogP) is 5.41. The summed E-state index contributed by atoms with van der Waals surface area (Å²) in [5, 5.41) is 17.5. The van der Waals surface area contributed by atoms with Crippen LogP contribution < -0.4 is 0 Å². The first kappa shape index (κ1) is 24.8. The maximum absolute atomic E-state index is 10.3. The van der Waals surface area contributed by atoms with E-state index in [2.05, 4.69) is 21.7 Å². The summed E-state index contributed by atoms with van der Waals surface area (Å²) in [4.78, 5) is 17.4. The second-order valence-corrected chi connectivity index (χ2v) is 16.0. The Hall–Kier alpha value is 0.579. The molecule has 0 aliphatic heterocycles. The van der Waals surface area contributed by atoms with Crippen molar-refractivity contribution in [3.8, 4) is 0 Å². The number of aliphatic hydroxyl groups is 1. The van der Waals surface area contributed by atoms with Crippen LogP contribution >= 0.6 is 11.8 Å². The average molecular weight is 440 g/mol. The van der Waals surface area contributed by atoms with Crippen LogP contribution in [0.5, 0.6) is 0 Å². The van der Waals surface area contributed by atoms with E-state index in [4.69, 9.17) is 10.2 Å². The van der Waals surface area contributed by atoms with Crippen LogP contribution in [0.3, 0.4) is 0 Å². The molecule has 0 aromatic carbocycles. The summed E-state index contributed by atoms with van der Waals surface area (Å²) in [6.07, 6.45) is 12.8. The zero-order chi connectivity index (χ0) is 17.2. The van der Waals surface area contributed by atoms with Gasteiger partial charge in [-0.15, -0.1) is 11.8 Å². The standard InChI is InChI=1S/C14H28O3S.3CH3.Sn/c1-2-3-4-5-6-7-8-9-10-11-12-18-14(17)13(15)16;;;;/h14,17H,2-12H2,1H3,(H,15,16);3*1H3;. The molecule has 0 saturated heterocycles. The molecule has 0 amide bonds. The molecule has 0 heterocycles. The molecule has 1 radical (unpaired) electrons. The van der Waals surface area contributed by atoms with Gasteiger partial charge in [-0.25, -0.2) is 4.79 Å². The molecular weight excluding hydrogens is 403 g/mol. The summed E-state index contributed by atoms with van der Waals surface area (Å²) in [6.45, 7) is 2.24. The molecule has 133 valence electrons. The third-order valence-corrected chi connectivity index (χ3v) is 4.03. The number of thioether (sulfide) groups is 1. The van der Waals surface area contributed by atoms with Gasteiger partial charge in [-0.05, 0) is 12.2 Å². The van der Waals surface area contributed by atoms with Crippen molar-refractivity contribution in [3.63, 3.8) is 0 Å². The number of carboxylic acid groups (broad SMARTS) is 1. The SMILES string of the molecule is CCCCCCCCCCCCSC(O)C(=O)O.[CH3][Sn]([CH3])[CH3]. The molecule has 3 nitrogen and oxygen atoms in total. The third kappa shape index (κ3) is 25.5. The number of aliphatic carboxylic acids is 1. The van der Waals surface area contributed by atoms with Crippen LogP contribution in [0.1, 0.15) is 71.1 Å². The predicted molar refractivity (Wildman–Crippen MR) is 101 cm³/mol. The number of carbonyl (C=O) groups is 1. The maximum atomic E-state index is 10.3. The Bertz CT molecular complexity index is 235. The molecule has 0 aromatic rings. The van der Waals surface area contributed by atoms with E-state index in [1.165, 1.54) is 51.4 Å². The van der Waals surface area contributed by atoms with Gasteiger partial charge in [0.15, 0.2) is 5.44 Å². The summed E-state index contributed by atoms with van der Waals surface area (Å²) >= 11 is 0.575. The van der Waals surface area contributed by atoms with Gasteiger partial charge in [-0.3, -0.25) is 0 Å². The van der Waals surface area contributed by atoms with Crippen LogP contribution in [-0.4, -0.2) is 47.1 Å². The third-order valence-electron chi connectivity index (χ3n) is 2.98. The molecule has 0 aromatic heterocycles. The molecule has 0 fully saturated rings.